The van der Waals surface area contributed by atoms with Gasteiger partial charge >= 0.3 is 5.69 Å². The highest BCUT2D eigenvalue weighted by Gasteiger charge is 2.43. The highest BCUT2D eigenvalue weighted by Crippen LogP contribution is 2.27. The largest absolute Gasteiger partial charge is 0.394 e. The average Bonchev–Trinajstić information content (AvgIpc) is 2.57. The number of nitrogens with zero attached hydrogens (tertiary/aromatic N) is 1. The van der Waals surface area contributed by atoms with Crippen molar-refractivity contribution in [2.45, 2.75) is 24.5 Å². The average molecular weight is 244 g/mol. The molecule has 4 N–H and O–H groups in total. The number of aromatic nitrogens is 2. The van der Waals surface area contributed by atoms with E-state index in [1.807, 2.05) is 4.98 Å². The van der Waals surface area contributed by atoms with Crippen molar-refractivity contribution >= 4 is 0 Å². The molecule has 1 aliphatic rings. The summed E-state index contributed by atoms with van der Waals surface area (Å²) >= 11 is 0. The van der Waals surface area contributed by atoms with Crippen LogP contribution < -0.4 is 11.2 Å². The lowest BCUT2D eigenvalue weighted by molar-refractivity contribution is -0.0550. The zero-order valence-corrected chi connectivity index (χ0v) is 8.68. The van der Waals surface area contributed by atoms with Crippen molar-refractivity contribution < 1.29 is 20.1 Å². The van der Waals surface area contributed by atoms with Crippen LogP contribution in [0.25, 0.3) is 0 Å². The molecule has 0 spiro atoms. The SMILES string of the molecule is O=c1ccn([C@@H]2O[C@@H](CO)[C@H](O)[C@H]2O)c(=O)[nH]1. The number of hydrogen-bond acceptors (Lipinski definition) is 6. The summed E-state index contributed by atoms with van der Waals surface area (Å²) in [6, 6.07) is 1.09. The van der Waals surface area contributed by atoms with Crippen LogP contribution in [0.5, 0.6) is 0 Å². The Balaban J connectivity index is 2.35. The molecule has 2 rings (SSSR count). The van der Waals surface area contributed by atoms with Crippen molar-refractivity contribution in [2.75, 3.05) is 6.61 Å². The van der Waals surface area contributed by atoms with Gasteiger partial charge in [-0.1, -0.05) is 0 Å². The van der Waals surface area contributed by atoms with Crippen LogP contribution >= 0.6 is 0 Å². The topological polar surface area (TPSA) is 125 Å². The fraction of sp³-hybridized carbons (Fsp3) is 0.556. The predicted octanol–water partition coefficient (Wildman–Crippen LogP) is -2.85. The van der Waals surface area contributed by atoms with Crippen LogP contribution in [0.1, 0.15) is 6.23 Å². The van der Waals surface area contributed by atoms with Crippen LogP contribution in [0.4, 0.5) is 0 Å². The van der Waals surface area contributed by atoms with E-state index in [1.54, 1.807) is 0 Å². The second-order valence-electron chi connectivity index (χ2n) is 3.75. The Kier molecular flexibility index (Phi) is 3.11. The molecule has 1 aromatic rings. The van der Waals surface area contributed by atoms with Gasteiger partial charge in [-0.25, -0.2) is 4.79 Å². The summed E-state index contributed by atoms with van der Waals surface area (Å²) < 4.78 is 6.08. The van der Waals surface area contributed by atoms with Gasteiger partial charge in [-0.15, -0.1) is 0 Å². The second kappa shape index (κ2) is 4.41. The van der Waals surface area contributed by atoms with Crippen LogP contribution in [0.2, 0.25) is 0 Å². The van der Waals surface area contributed by atoms with Gasteiger partial charge in [-0.05, 0) is 0 Å². The van der Waals surface area contributed by atoms with Crippen LogP contribution in [-0.2, 0) is 4.74 Å². The molecule has 2 heterocycles. The Hall–Kier alpha value is -1.48. The van der Waals surface area contributed by atoms with Crippen LogP contribution in [-0.4, -0.2) is 49.8 Å². The van der Waals surface area contributed by atoms with E-state index in [1.165, 1.54) is 0 Å². The van der Waals surface area contributed by atoms with Gasteiger partial charge < -0.3 is 20.1 Å². The molecule has 94 valence electrons. The molecule has 1 saturated heterocycles. The van der Waals surface area contributed by atoms with E-state index in [-0.39, 0.29) is 0 Å². The maximum Gasteiger partial charge on any atom is 0.330 e. The van der Waals surface area contributed by atoms with Gasteiger partial charge in [0.1, 0.15) is 18.3 Å². The zero-order valence-electron chi connectivity index (χ0n) is 8.68. The molecule has 0 unspecified atom stereocenters. The molecule has 0 aromatic carbocycles. The number of rotatable bonds is 2. The highest BCUT2D eigenvalue weighted by atomic mass is 16.6. The first kappa shape index (κ1) is 12.0. The number of aliphatic hydroxyl groups excluding tert-OH is 3. The third-order valence-electron chi connectivity index (χ3n) is 2.64. The quantitative estimate of drug-likeness (QED) is 0.444. The molecule has 8 nitrogen and oxygen atoms in total. The van der Waals surface area contributed by atoms with Crippen molar-refractivity contribution in [3.63, 3.8) is 0 Å². The van der Waals surface area contributed by atoms with Gasteiger partial charge in [0.2, 0.25) is 0 Å². The molecule has 0 radical (unpaired) electrons. The lowest BCUT2D eigenvalue weighted by Crippen LogP contribution is -2.37. The molecule has 0 aliphatic carbocycles. The van der Waals surface area contributed by atoms with E-state index >= 15 is 0 Å². The third kappa shape index (κ3) is 2.03. The van der Waals surface area contributed by atoms with E-state index in [0.717, 1.165) is 16.8 Å². The van der Waals surface area contributed by atoms with Gasteiger partial charge in [0.05, 0.1) is 6.61 Å². The van der Waals surface area contributed by atoms with Crippen molar-refractivity contribution in [1.29, 1.82) is 0 Å². The normalized spacial score (nSPS) is 32.9. The minimum Gasteiger partial charge on any atom is -0.394 e. The van der Waals surface area contributed by atoms with Crippen molar-refractivity contribution in [3.05, 3.63) is 33.1 Å². The molecule has 8 heteroatoms. The van der Waals surface area contributed by atoms with Crippen LogP contribution in [0.15, 0.2) is 21.9 Å². The van der Waals surface area contributed by atoms with E-state index in [2.05, 4.69) is 0 Å². The van der Waals surface area contributed by atoms with E-state index in [0.29, 0.717) is 0 Å². The number of aromatic amines is 1. The van der Waals surface area contributed by atoms with Crippen molar-refractivity contribution in [1.82, 2.24) is 9.55 Å². The number of ether oxygens (including phenoxy) is 1. The standard InChI is InChI=1S/C9H12N2O6/c12-3-4-6(14)7(15)8(17-4)11-2-1-5(13)10-9(11)16/h1-2,4,6-8,12,14-15H,3H2,(H,10,13,16)/t4-,6-,7+,8+/m0/s1. The monoisotopic (exact) mass is 244 g/mol. The van der Waals surface area contributed by atoms with Gasteiger partial charge in [-0.3, -0.25) is 14.3 Å². The summed E-state index contributed by atoms with van der Waals surface area (Å²) in [6.45, 7) is -0.479. The zero-order chi connectivity index (χ0) is 12.6. The number of aliphatic hydroxyl groups is 3. The molecule has 1 fully saturated rings. The van der Waals surface area contributed by atoms with E-state index in [9.17, 15) is 19.8 Å². The molecule has 0 bridgehead atoms. The van der Waals surface area contributed by atoms with Gasteiger partial charge in [0.15, 0.2) is 6.23 Å². The molecule has 1 aliphatic heterocycles. The number of H-pyrrole nitrogens is 1. The molecule has 1 aromatic heterocycles. The van der Waals surface area contributed by atoms with Crippen molar-refractivity contribution in [3.8, 4) is 0 Å². The Morgan fingerprint density at radius 1 is 1.35 bits per heavy atom. The fourth-order valence-electron chi connectivity index (χ4n) is 1.74. The molecule has 0 amide bonds. The van der Waals surface area contributed by atoms with Crippen LogP contribution in [0.3, 0.4) is 0 Å². The first-order chi connectivity index (χ1) is 8.04. The second-order valence-corrected chi connectivity index (χ2v) is 3.75. The van der Waals surface area contributed by atoms with Crippen LogP contribution in [0, 0.1) is 0 Å². The van der Waals surface area contributed by atoms with E-state index < -0.39 is 42.4 Å². The first-order valence-electron chi connectivity index (χ1n) is 4.98. The summed E-state index contributed by atoms with van der Waals surface area (Å²) in [5, 5.41) is 28.1. The van der Waals surface area contributed by atoms with Crippen molar-refractivity contribution in [2.24, 2.45) is 0 Å². The Bertz CT molecular complexity index is 509. The van der Waals surface area contributed by atoms with Gasteiger partial charge in [0, 0.05) is 12.3 Å². The third-order valence-corrected chi connectivity index (χ3v) is 2.64. The summed E-state index contributed by atoms with van der Waals surface area (Å²) in [5.74, 6) is 0. The fourth-order valence-corrected chi connectivity index (χ4v) is 1.74. The summed E-state index contributed by atoms with van der Waals surface area (Å²) in [4.78, 5) is 24.3. The number of hydrogen-bond donors (Lipinski definition) is 4. The molecule has 17 heavy (non-hydrogen) atoms. The lowest BCUT2D eigenvalue weighted by atomic mass is 10.1. The minimum atomic E-state index is -1.35. The van der Waals surface area contributed by atoms with E-state index in [4.69, 9.17) is 9.84 Å². The highest BCUT2D eigenvalue weighted by molar-refractivity contribution is 4.92. The summed E-state index contributed by atoms with van der Waals surface area (Å²) in [7, 11) is 0. The smallest absolute Gasteiger partial charge is 0.330 e. The molecular weight excluding hydrogens is 232 g/mol. The maximum absolute atomic E-state index is 11.4. The first-order valence-corrected chi connectivity index (χ1v) is 4.98. The Morgan fingerprint density at radius 3 is 2.59 bits per heavy atom. The minimum absolute atomic E-state index is 0.479. The number of nitrogens with one attached hydrogen (secondary N) is 1. The predicted molar refractivity (Wildman–Crippen MR) is 54.3 cm³/mol. The molecular formula is C9H12N2O6. The van der Waals surface area contributed by atoms with Gasteiger partial charge in [0.25, 0.3) is 5.56 Å². The molecule has 0 saturated carbocycles. The Labute approximate surface area is 94.7 Å². The molecule has 4 atom stereocenters. The van der Waals surface area contributed by atoms with Gasteiger partial charge in [-0.2, -0.15) is 0 Å². The lowest BCUT2D eigenvalue weighted by Gasteiger charge is -2.16. The maximum atomic E-state index is 11.4. The summed E-state index contributed by atoms with van der Waals surface area (Å²) in [5.41, 5.74) is -1.33. The Morgan fingerprint density at radius 2 is 2.06 bits per heavy atom. The summed E-state index contributed by atoms with van der Waals surface area (Å²) in [6.07, 6.45) is -3.58.